The van der Waals surface area contributed by atoms with Crippen molar-refractivity contribution in [3.63, 3.8) is 0 Å². The van der Waals surface area contributed by atoms with Gasteiger partial charge in [-0.15, -0.1) is 11.6 Å². The Morgan fingerprint density at radius 1 is 1.00 bits per heavy atom. The third-order valence-electron chi connectivity index (χ3n) is 5.41. The summed E-state index contributed by atoms with van der Waals surface area (Å²) >= 11 is 18.4. The van der Waals surface area contributed by atoms with Crippen LogP contribution in [-0.2, 0) is 15.3 Å². The topological polar surface area (TPSA) is 72.8 Å². The number of aliphatic hydroxyl groups excluding tert-OH is 1. The fourth-order valence-corrected chi connectivity index (χ4v) is 5.14. The van der Waals surface area contributed by atoms with Gasteiger partial charge in [-0.3, -0.25) is 0 Å². The Balaban J connectivity index is 2.12. The van der Waals surface area contributed by atoms with Crippen LogP contribution in [0.5, 0.6) is 11.5 Å². The number of ether oxygens (including phenoxy) is 2. The van der Waals surface area contributed by atoms with E-state index in [2.05, 4.69) is 13.8 Å². The molecular weight excluding hydrogens is 507 g/mol. The van der Waals surface area contributed by atoms with Crippen LogP contribution in [0.4, 0.5) is 0 Å². The first kappa shape index (κ1) is 28.1. The molecule has 0 saturated carbocycles. The van der Waals surface area contributed by atoms with E-state index in [0.717, 1.165) is 11.1 Å². The van der Waals surface area contributed by atoms with E-state index in [9.17, 15) is 13.5 Å². The lowest BCUT2D eigenvalue weighted by Gasteiger charge is -2.27. The standard InChI is InChI=1S/C24H31Cl3O5S/c1-5-33(29,30)15-16(2)13-31-20-8-6-17(7-9-20)24(3,4)18-10-21(26)23(22(27)11-18)32-14-19(28)12-25/h6-11,16,19,28H,5,12-15H2,1-4H3. The smallest absolute Gasteiger partial charge is 0.156 e. The first-order valence-electron chi connectivity index (χ1n) is 10.7. The molecule has 2 rings (SSSR count). The molecule has 0 aliphatic rings. The number of alkyl halides is 1. The largest absolute Gasteiger partial charge is 0.493 e. The third kappa shape index (κ3) is 7.93. The second kappa shape index (κ2) is 12.0. The predicted molar refractivity (Wildman–Crippen MR) is 136 cm³/mol. The van der Waals surface area contributed by atoms with Gasteiger partial charge in [-0.05, 0) is 35.4 Å². The van der Waals surface area contributed by atoms with Crippen LogP contribution in [0.2, 0.25) is 10.0 Å². The highest BCUT2D eigenvalue weighted by Crippen LogP contribution is 2.40. The van der Waals surface area contributed by atoms with Crippen molar-refractivity contribution in [1.29, 1.82) is 0 Å². The van der Waals surface area contributed by atoms with E-state index in [-0.39, 0.29) is 29.9 Å². The molecule has 0 aliphatic carbocycles. The summed E-state index contributed by atoms with van der Waals surface area (Å²) in [5.74, 6) is 1.19. The maximum Gasteiger partial charge on any atom is 0.156 e. The summed E-state index contributed by atoms with van der Waals surface area (Å²) in [6.45, 7) is 7.95. The number of sulfone groups is 1. The van der Waals surface area contributed by atoms with Crippen LogP contribution < -0.4 is 9.47 Å². The Kier molecular flexibility index (Phi) is 10.2. The summed E-state index contributed by atoms with van der Waals surface area (Å²) in [5.41, 5.74) is 1.51. The zero-order valence-electron chi connectivity index (χ0n) is 19.3. The van der Waals surface area contributed by atoms with E-state index >= 15 is 0 Å². The van der Waals surface area contributed by atoms with Gasteiger partial charge in [-0.25, -0.2) is 8.42 Å². The lowest BCUT2D eigenvalue weighted by atomic mass is 9.78. The van der Waals surface area contributed by atoms with E-state index in [0.29, 0.717) is 28.2 Å². The molecule has 33 heavy (non-hydrogen) atoms. The van der Waals surface area contributed by atoms with Crippen molar-refractivity contribution < 1.29 is 23.0 Å². The molecule has 9 heteroatoms. The molecule has 0 aliphatic heterocycles. The average molecular weight is 538 g/mol. The Labute approximate surface area is 211 Å². The highest BCUT2D eigenvalue weighted by Gasteiger charge is 2.26. The van der Waals surface area contributed by atoms with Gasteiger partial charge in [-0.1, -0.05) is 63.0 Å². The van der Waals surface area contributed by atoms with Crippen molar-refractivity contribution >= 4 is 44.6 Å². The minimum atomic E-state index is -3.03. The van der Waals surface area contributed by atoms with Gasteiger partial charge in [0.1, 0.15) is 28.3 Å². The summed E-state index contributed by atoms with van der Waals surface area (Å²) in [5, 5.41) is 10.3. The first-order valence-corrected chi connectivity index (χ1v) is 13.8. The molecule has 0 radical (unpaired) electrons. The van der Waals surface area contributed by atoms with Crippen molar-refractivity contribution in [2.75, 3.05) is 30.6 Å². The van der Waals surface area contributed by atoms with Gasteiger partial charge >= 0.3 is 0 Å². The van der Waals surface area contributed by atoms with Crippen LogP contribution in [0.25, 0.3) is 0 Å². The molecule has 2 atom stereocenters. The number of hydrogen-bond acceptors (Lipinski definition) is 5. The molecule has 0 aromatic heterocycles. The van der Waals surface area contributed by atoms with Crippen molar-refractivity contribution in [1.82, 2.24) is 0 Å². The van der Waals surface area contributed by atoms with Crippen molar-refractivity contribution in [2.24, 2.45) is 5.92 Å². The molecular formula is C24H31Cl3O5S. The van der Waals surface area contributed by atoms with E-state index in [4.69, 9.17) is 44.3 Å². The second-order valence-electron chi connectivity index (χ2n) is 8.65. The number of aliphatic hydroxyl groups is 1. The molecule has 2 aromatic rings. The molecule has 0 amide bonds. The Hall–Kier alpha value is -1.18. The monoisotopic (exact) mass is 536 g/mol. The van der Waals surface area contributed by atoms with Crippen molar-refractivity contribution in [2.45, 2.75) is 39.2 Å². The van der Waals surface area contributed by atoms with Gasteiger partial charge in [0.05, 0.1) is 28.3 Å². The van der Waals surface area contributed by atoms with Gasteiger partial charge in [0.25, 0.3) is 0 Å². The van der Waals surface area contributed by atoms with Crippen LogP contribution in [-0.4, -0.2) is 50.2 Å². The maximum absolute atomic E-state index is 11.8. The molecule has 2 unspecified atom stereocenters. The minimum Gasteiger partial charge on any atom is -0.493 e. The molecule has 184 valence electrons. The average Bonchev–Trinajstić information content (AvgIpc) is 2.76. The van der Waals surface area contributed by atoms with E-state index < -0.39 is 21.4 Å². The van der Waals surface area contributed by atoms with Gasteiger partial charge in [0.2, 0.25) is 0 Å². The second-order valence-corrected chi connectivity index (χ2v) is 12.2. The van der Waals surface area contributed by atoms with Gasteiger partial charge in [-0.2, -0.15) is 0 Å². The summed E-state index contributed by atoms with van der Waals surface area (Å²) in [6.07, 6.45) is -0.810. The van der Waals surface area contributed by atoms with E-state index in [1.165, 1.54) is 0 Å². The van der Waals surface area contributed by atoms with Crippen LogP contribution in [0.3, 0.4) is 0 Å². The quantitative estimate of drug-likeness (QED) is 0.349. The van der Waals surface area contributed by atoms with Crippen LogP contribution in [0.1, 0.15) is 38.8 Å². The zero-order chi connectivity index (χ0) is 24.8. The normalized spacial score (nSPS) is 14.1. The first-order chi connectivity index (χ1) is 15.4. The molecule has 0 bridgehead atoms. The number of benzene rings is 2. The van der Waals surface area contributed by atoms with Gasteiger partial charge in [0, 0.05) is 17.1 Å². The molecule has 1 N–H and O–H groups in total. The summed E-state index contributed by atoms with van der Waals surface area (Å²) in [7, 11) is -3.03. The fourth-order valence-electron chi connectivity index (χ4n) is 3.26. The molecule has 2 aromatic carbocycles. The highest BCUT2D eigenvalue weighted by molar-refractivity contribution is 7.91. The summed E-state index contributed by atoms with van der Waals surface area (Å²) in [4.78, 5) is 0. The maximum atomic E-state index is 11.8. The molecule has 0 heterocycles. The van der Waals surface area contributed by atoms with Crippen molar-refractivity contribution in [3.8, 4) is 11.5 Å². The summed E-state index contributed by atoms with van der Waals surface area (Å²) in [6, 6.07) is 11.3. The Bertz CT molecular complexity index is 1000. The SMILES string of the molecule is CCS(=O)(=O)CC(C)COc1ccc(C(C)(C)c2cc(Cl)c(OCC(O)CCl)c(Cl)c2)cc1. The lowest BCUT2D eigenvalue weighted by molar-refractivity contribution is 0.125. The number of halogens is 3. The van der Waals surface area contributed by atoms with Crippen LogP contribution in [0, 0.1) is 5.92 Å². The minimum absolute atomic E-state index is 0.00384. The molecule has 0 fully saturated rings. The number of hydrogen-bond donors (Lipinski definition) is 1. The molecule has 0 spiro atoms. The predicted octanol–water partition coefficient (Wildman–Crippen LogP) is 5.75. The Morgan fingerprint density at radius 2 is 1.58 bits per heavy atom. The number of rotatable bonds is 12. The molecule has 0 saturated heterocycles. The van der Waals surface area contributed by atoms with Crippen molar-refractivity contribution in [3.05, 3.63) is 57.6 Å². The van der Waals surface area contributed by atoms with Crippen LogP contribution in [0.15, 0.2) is 36.4 Å². The third-order valence-corrected chi connectivity index (χ3v) is 8.28. The fraction of sp³-hybridized carbons (Fsp3) is 0.500. The van der Waals surface area contributed by atoms with E-state index in [1.54, 1.807) is 19.1 Å². The zero-order valence-corrected chi connectivity index (χ0v) is 22.4. The van der Waals surface area contributed by atoms with Gasteiger partial charge < -0.3 is 14.6 Å². The summed E-state index contributed by atoms with van der Waals surface area (Å²) < 4.78 is 34.9. The van der Waals surface area contributed by atoms with Gasteiger partial charge in [0.15, 0.2) is 5.75 Å². The van der Waals surface area contributed by atoms with E-state index in [1.807, 2.05) is 31.2 Å². The molecule has 5 nitrogen and oxygen atoms in total. The highest BCUT2D eigenvalue weighted by atomic mass is 35.5. The Morgan fingerprint density at radius 3 is 2.09 bits per heavy atom. The lowest BCUT2D eigenvalue weighted by Crippen LogP contribution is -2.21. The van der Waals surface area contributed by atoms with Crippen LogP contribution >= 0.6 is 34.8 Å².